The molecule has 0 unspecified atom stereocenters. The van der Waals surface area contributed by atoms with Gasteiger partial charge in [-0.3, -0.25) is 0 Å². The number of para-hydroxylation sites is 1. The smallest absolute Gasteiger partial charge is 0.243 e. The van der Waals surface area contributed by atoms with Gasteiger partial charge < -0.3 is 10.6 Å². The molecule has 0 bridgehead atoms. The fourth-order valence-corrected chi connectivity index (χ4v) is 5.24. The molecule has 4 heteroatoms. The van der Waals surface area contributed by atoms with Gasteiger partial charge in [-0.15, -0.1) is 4.57 Å². The molecule has 0 aliphatic heterocycles. The molecule has 6 rings (SSSR count). The fraction of sp³-hybridized carbons (Fsp3) is 0.0909. The average molecular weight is 482 g/mol. The van der Waals surface area contributed by atoms with Crippen LogP contribution in [0.2, 0.25) is 0 Å². The lowest BCUT2D eigenvalue weighted by Gasteiger charge is -2.19. The number of rotatable bonds is 4. The standard InChI is InChI=1S/C33H28N4/c1-22-30(36(2)3)20-27(24-15-9-5-10-16-24)32-33(22)37(25-17-11-6-12-18-25)31-21-28(34)26(19-29(31)35-32)23-13-7-4-8-14-23/h4-21,34H,1-3H3/p+1. The lowest BCUT2D eigenvalue weighted by Crippen LogP contribution is -2.34. The van der Waals surface area contributed by atoms with Gasteiger partial charge in [-0.05, 0) is 30.2 Å². The summed E-state index contributed by atoms with van der Waals surface area (Å²) >= 11 is 0. The van der Waals surface area contributed by atoms with Crippen LogP contribution in [0.4, 0.5) is 11.4 Å². The van der Waals surface area contributed by atoms with E-state index in [0.29, 0.717) is 0 Å². The predicted octanol–water partition coefficient (Wildman–Crippen LogP) is 6.96. The van der Waals surface area contributed by atoms with Gasteiger partial charge in [-0.1, -0.05) is 78.9 Å². The quantitative estimate of drug-likeness (QED) is 0.168. The Morgan fingerprint density at radius 3 is 1.86 bits per heavy atom. The minimum Gasteiger partial charge on any atom is -0.398 e. The van der Waals surface area contributed by atoms with Crippen molar-refractivity contribution in [1.82, 2.24) is 4.98 Å². The summed E-state index contributed by atoms with van der Waals surface area (Å²) in [6, 6.07) is 37.7. The van der Waals surface area contributed by atoms with E-state index in [4.69, 9.17) is 10.7 Å². The molecule has 4 nitrogen and oxygen atoms in total. The van der Waals surface area contributed by atoms with Crippen LogP contribution in [0.3, 0.4) is 0 Å². The molecule has 0 aliphatic carbocycles. The zero-order valence-corrected chi connectivity index (χ0v) is 21.3. The Morgan fingerprint density at radius 1 is 0.703 bits per heavy atom. The van der Waals surface area contributed by atoms with E-state index in [1.807, 2.05) is 24.3 Å². The Labute approximate surface area is 217 Å². The van der Waals surface area contributed by atoms with E-state index in [9.17, 15) is 0 Å². The largest absolute Gasteiger partial charge is 0.398 e. The molecule has 1 heterocycles. The first-order valence-corrected chi connectivity index (χ1v) is 12.5. The second-order valence-electron chi connectivity index (χ2n) is 9.60. The highest BCUT2D eigenvalue weighted by atomic mass is 15.1. The van der Waals surface area contributed by atoms with Crippen molar-refractivity contribution >= 4 is 33.4 Å². The Hall–Kier alpha value is -4.70. The minimum atomic E-state index is 0.731. The Morgan fingerprint density at radius 2 is 1.27 bits per heavy atom. The molecular formula is C33H29N4+. The van der Waals surface area contributed by atoms with Crippen LogP contribution in [0, 0.1) is 6.92 Å². The number of nitrogens with two attached hydrogens (primary N) is 1. The molecule has 0 radical (unpaired) electrons. The van der Waals surface area contributed by atoms with Gasteiger partial charge in [0.25, 0.3) is 0 Å². The summed E-state index contributed by atoms with van der Waals surface area (Å²) in [5, 5.41) is 0. The molecule has 0 fully saturated rings. The summed E-state index contributed by atoms with van der Waals surface area (Å²) in [5.41, 5.74) is 19.1. The number of nitrogens with zero attached hydrogens (tertiary/aromatic N) is 3. The highest BCUT2D eigenvalue weighted by Gasteiger charge is 2.27. The van der Waals surface area contributed by atoms with Gasteiger partial charge >= 0.3 is 0 Å². The molecule has 0 amide bonds. The van der Waals surface area contributed by atoms with Gasteiger partial charge in [0.05, 0.1) is 0 Å². The van der Waals surface area contributed by atoms with Gasteiger partial charge in [-0.25, -0.2) is 4.98 Å². The van der Waals surface area contributed by atoms with E-state index in [1.165, 1.54) is 5.56 Å². The second kappa shape index (κ2) is 9.07. The number of benzene rings is 5. The van der Waals surface area contributed by atoms with Crippen molar-refractivity contribution in [2.24, 2.45) is 0 Å². The number of anilines is 2. The Kier molecular flexibility index (Phi) is 5.57. The number of hydrogen-bond acceptors (Lipinski definition) is 3. The SMILES string of the molecule is Cc1c(N(C)C)cc(-c2ccccc2)c2nc3cc(-c4ccccc4)c(N)cc3[n+](-c3ccccc3)c12. The third kappa shape index (κ3) is 3.87. The van der Waals surface area contributed by atoms with Gasteiger partial charge in [0.1, 0.15) is 11.0 Å². The molecule has 2 N–H and O–H groups in total. The van der Waals surface area contributed by atoms with E-state index in [1.54, 1.807) is 0 Å². The van der Waals surface area contributed by atoms with E-state index in [-0.39, 0.29) is 0 Å². The molecule has 0 atom stereocenters. The first-order chi connectivity index (χ1) is 18.0. The fourth-order valence-electron chi connectivity index (χ4n) is 5.24. The normalized spacial score (nSPS) is 11.2. The van der Waals surface area contributed by atoms with Crippen LogP contribution in [0.25, 0.3) is 50.0 Å². The second-order valence-corrected chi connectivity index (χ2v) is 9.60. The molecular weight excluding hydrogens is 452 g/mol. The molecule has 0 spiro atoms. The van der Waals surface area contributed by atoms with Crippen molar-refractivity contribution in [2.45, 2.75) is 6.92 Å². The first kappa shape index (κ1) is 22.7. The van der Waals surface area contributed by atoms with Gasteiger partial charge in [0.15, 0.2) is 0 Å². The molecule has 5 aromatic carbocycles. The maximum Gasteiger partial charge on any atom is 0.243 e. The van der Waals surface area contributed by atoms with E-state index in [2.05, 4.69) is 115 Å². The van der Waals surface area contributed by atoms with Crippen LogP contribution in [0.5, 0.6) is 0 Å². The maximum absolute atomic E-state index is 6.70. The molecule has 37 heavy (non-hydrogen) atoms. The summed E-state index contributed by atoms with van der Waals surface area (Å²) in [4.78, 5) is 7.51. The number of fused-ring (bicyclic) bond motifs is 2. The van der Waals surface area contributed by atoms with E-state index in [0.717, 1.165) is 61.4 Å². The van der Waals surface area contributed by atoms with Crippen molar-refractivity contribution in [1.29, 1.82) is 0 Å². The topological polar surface area (TPSA) is 46.0 Å². The molecule has 6 aromatic rings. The van der Waals surface area contributed by atoms with Crippen molar-refractivity contribution in [3.8, 4) is 27.9 Å². The van der Waals surface area contributed by atoms with E-state index < -0.39 is 0 Å². The van der Waals surface area contributed by atoms with Crippen molar-refractivity contribution in [2.75, 3.05) is 24.7 Å². The number of aromatic nitrogens is 2. The summed E-state index contributed by atoms with van der Waals surface area (Å²) in [7, 11) is 4.18. The highest BCUT2D eigenvalue weighted by molar-refractivity contribution is 6.00. The molecule has 0 saturated heterocycles. The van der Waals surface area contributed by atoms with Crippen molar-refractivity contribution in [3.05, 3.63) is 115 Å². The van der Waals surface area contributed by atoms with Gasteiger partial charge in [0.2, 0.25) is 16.7 Å². The van der Waals surface area contributed by atoms with Crippen LogP contribution in [0.15, 0.2) is 109 Å². The van der Waals surface area contributed by atoms with Crippen molar-refractivity contribution < 1.29 is 4.57 Å². The van der Waals surface area contributed by atoms with Crippen molar-refractivity contribution in [3.63, 3.8) is 0 Å². The molecule has 1 aromatic heterocycles. The highest BCUT2D eigenvalue weighted by Crippen LogP contribution is 2.37. The molecule has 0 aliphatic rings. The van der Waals surface area contributed by atoms with Crippen LogP contribution < -0.4 is 15.2 Å². The van der Waals surface area contributed by atoms with Gasteiger partial charge in [0, 0.05) is 60.4 Å². The zero-order chi connectivity index (χ0) is 25.5. The number of nitrogen functional groups attached to an aromatic ring is 1. The molecule has 180 valence electrons. The minimum absolute atomic E-state index is 0.731. The third-order valence-corrected chi connectivity index (χ3v) is 7.01. The Bertz CT molecular complexity index is 1740. The van der Waals surface area contributed by atoms with Crippen LogP contribution in [0.1, 0.15) is 5.56 Å². The Balaban J connectivity index is 1.82. The number of hydrogen-bond donors (Lipinski definition) is 1. The monoisotopic (exact) mass is 481 g/mol. The number of aryl methyl sites for hydroxylation is 1. The first-order valence-electron chi connectivity index (χ1n) is 12.5. The third-order valence-electron chi connectivity index (χ3n) is 7.01. The zero-order valence-electron chi connectivity index (χ0n) is 21.3. The van der Waals surface area contributed by atoms with Crippen LogP contribution in [-0.2, 0) is 0 Å². The summed E-state index contributed by atoms with van der Waals surface area (Å²) in [6.45, 7) is 2.18. The summed E-state index contributed by atoms with van der Waals surface area (Å²) < 4.78 is 2.32. The summed E-state index contributed by atoms with van der Waals surface area (Å²) in [5.74, 6) is 0. The van der Waals surface area contributed by atoms with Gasteiger partial charge in [-0.2, -0.15) is 0 Å². The van der Waals surface area contributed by atoms with Crippen LogP contribution >= 0.6 is 0 Å². The van der Waals surface area contributed by atoms with Crippen LogP contribution in [-0.4, -0.2) is 19.1 Å². The van der Waals surface area contributed by atoms with E-state index >= 15 is 0 Å². The summed E-state index contributed by atoms with van der Waals surface area (Å²) in [6.07, 6.45) is 0. The lowest BCUT2D eigenvalue weighted by atomic mass is 9.97. The molecule has 0 saturated carbocycles. The maximum atomic E-state index is 6.70. The predicted molar refractivity (Wildman–Crippen MR) is 155 cm³/mol. The average Bonchev–Trinajstić information content (AvgIpc) is 2.93. The lowest BCUT2D eigenvalue weighted by molar-refractivity contribution is -0.538.